The molecule has 3 atom stereocenters. The number of likely N-dealkylation sites (tertiary alicyclic amines) is 1. The number of H-pyrrole nitrogens is 1. The van der Waals surface area contributed by atoms with Crippen LogP contribution in [0.2, 0.25) is 0 Å². The molecule has 24 heavy (non-hydrogen) atoms. The Kier molecular flexibility index (Phi) is 4.20. The van der Waals surface area contributed by atoms with Crippen molar-refractivity contribution in [2.45, 2.75) is 12.6 Å². The maximum atomic E-state index is 8.96. The van der Waals surface area contributed by atoms with E-state index in [-0.39, 0.29) is 0 Å². The lowest BCUT2D eigenvalue weighted by Gasteiger charge is -2.19. The summed E-state index contributed by atoms with van der Waals surface area (Å²) in [5.74, 6) is 2.64. The monoisotopic (exact) mass is 324 g/mol. The highest BCUT2D eigenvalue weighted by Gasteiger charge is 2.44. The van der Waals surface area contributed by atoms with Crippen LogP contribution in [0, 0.1) is 23.2 Å². The molecule has 3 heterocycles. The molecule has 2 aliphatic rings. The smallest absolute Gasteiger partial charge is 0.120 e. The van der Waals surface area contributed by atoms with E-state index in [9.17, 15) is 0 Å². The first-order chi connectivity index (χ1) is 11.8. The minimum Gasteiger partial charge on any atom is -0.493 e. The SMILES string of the molecule is N#Cc1cccc(OC[C@@H]2CO[C@@H]3CN(Cc4ncc[nH]4)C[C@H]23)c1. The Labute approximate surface area is 141 Å². The quantitative estimate of drug-likeness (QED) is 0.908. The van der Waals surface area contributed by atoms with Crippen molar-refractivity contribution >= 4 is 0 Å². The molecule has 6 nitrogen and oxygen atoms in total. The van der Waals surface area contributed by atoms with E-state index in [2.05, 4.69) is 20.9 Å². The largest absolute Gasteiger partial charge is 0.493 e. The molecule has 1 N–H and O–H groups in total. The highest BCUT2D eigenvalue weighted by molar-refractivity contribution is 5.36. The Morgan fingerprint density at radius 2 is 2.38 bits per heavy atom. The van der Waals surface area contributed by atoms with Gasteiger partial charge in [0.25, 0.3) is 0 Å². The summed E-state index contributed by atoms with van der Waals surface area (Å²) in [6.07, 6.45) is 3.93. The summed E-state index contributed by atoms with van der Waals surface area (Å²) < 4.78 is 11.9. The third-order valence-electron chi connectivity index (χ3n) is 4.87. The van der Waals surface area contributed by atoms with Crippen LogP contribution in [0.3, 0.4) is 0 Å². The van der Waals surface area contributed by atoms with Crippen molar-refractivity contribution in [1.29, 1.82) is 5.26 Å². The number of nitrogens with one attached hydrogen (secondary N) is 1. The van der Waals surface area contributed by atoms with Gasteiger partial charge in [-0.05, 0) is 18.2 Å². The summed E-state index contributed by atoms with van der Waals surface area (Å²) in [5, 5.41) is 8.96. The molecule has 2 saturated heterocycles. The molecule has 2 aliphatic heterocycles. The fourth-order valence-electron chi connectivity index (χ4n) is 3.64. The van der Waals surface area contributed by atoms with Crippen molar-refractivity contribution in [3.8, 4) is 11.8 Å². The van der Waals surface area contributed by atoms with Gasteiger partial charge in [0, 0.05) is 37.3 Å². The molecule has 2 aromatic rings. The van der Waals surface area contributed by atoms with E-state index in [1.54, 1.807) is 18.3 Å². The molecule has 1 aromatic heterocycles. The van der Waals surface area contributed by atoms with Crippen LogP contribution in [0.15, 0.2) is 36.7 Å². The summed E-state index contributed by atoms with van der Waals surface area (Å²) >= 11 is 0. The number of hydrogen-bond acceptors (Lipinski definition) is 5. The molecule has 0 radical (unpaired) electrons. The average molecular weight is 324 g/mol. The van der Waals surface area contributed by atoms with E-state index >= 15 is 0 Å². The number of nitrogens with zero attached hydrogens (tertiary/aromatic N) is 3. The van der Waals surface area contributed by atoms with Gasteiger partial charge < -0.3 is 14.5 Å². The zero-order valence-corrected chi connectivity index (χ0v) is 13.4. The molecular weight excluding hydrogens is 304 g/mol. The maximum Gasteiger partial charge on any atom is 0.120 e. The van der Waals surface area contributed by atoms with Crippen LogP contribution in [-0.4, -0.2) is 47.3 Å². The Morgan fingerprint density at radius 1 is 1.42 bits per heavy atom. The van der Waals surface area contributed by atoms with Crippen molar-refractivity contribution < 1.29 is 9.47 Å². The van der Waals surface area contributed by atoms with Crippen LogP contribution in [0.25, 0.3) is 0 Å². The molecular formula is C18H20N4O2. The number of benzene rings is 1. The third kappa shape index (κ3) is 3.14. The van der Waals surface area contributed by atoms with Crippen LogP contribution >= 0.6 is 0 Å². The lowest BCUT2D eigenvalue weighted by molar-refractivity contribution is 0.0893. The zero-order valence-electron chi connectivity index (χ0n) is 13.4. The Morgan fingerprint density at radius 3 is 3.21 bits per heavy atom. The normalized spacial score (nSPS) is 26.2. The highest BCUT2D eigenvalue weighted by atomic mass is 16.5. The topological polar surface area (TPSA) is 74.2 Å². The first kappa shape index (κ1) is 15.2. The van der Waals surface area contributed by atoms with Gasteiger partial charge in [-0.25, -0.2) is 4.98 Å². The average Bonchev–Trinajstić information content (AvgIpc) is 3.32. The second kappa shape index (κ2) is 6.63. The summed E-state index contributed by atoms with van der Waals surface area (Å²) in [7, 11) is 0. The van der Waals surface area contributed by atoms with Gasteiger partial charge in [-0.15, -0.1) is 0 Å². The lowest BCUT2D eigenvalue weighted by atomic mass is 9.94. The van der Waals surface area contributed by atoms with Crippen molar-refractivity contribution in [2.75, 3.05) is 26.3 Å². The lowest BCUT2D eigenvalue weighted by Crippen LogP contribution is -2.26. The van der Waals surface area contributed by atoms with Crippen molar-refractivity contribution in [2.24, 2.45) is 11.8 Å². The fraction of sp³-hybridized carbons (Fsp3) is 0.444. The number of fused-ring (bicyclic) bond motifs is 1. The molecule has 0 aliphatic carbocycles. The Hall–Kier alpha value is -2.36. The predicted octanol–water partition coefficient (Wildman–Crippen LogP) is 1.81. The van der Waals surface area contributed by atoms with Gasteiger partial charge in [0.05, 0.1) is 37.5 Å². The van der Waals surface area contributed by atoms with Crippen molar-refractivity contribution in [3.05, 3.63) is 48.0 Å². The standard InChI is InChI=1S/C18H20N4O2/c19-7-13-2-1-3-15(6-13)23-11-14-12-24-17-9-22(8-16(14)17)10-18-20-4-5-21-18/h1-6,14,16-17H,8-12H2,(H,20,21)/t14-,16-,17-/m1/s1. The molecule has 0 bridgehead atoms. The van der Waals surface area contributed by atoms with E-state index in [1.807, 2.05) is 18.3 Å². The van der Waals surface area contributed by atoms with Crippen LogP contribution in [0.4, 0.5) is 0 Å². The zero-order chi connectivity index (χ0) is 16.4. The van der Waals surface area contributed by atoms with Gasteiger partial charge in [0.15, 0.2) is 0 Å². The number of hydrogen-bond donors (Lipinski definition) is 1. The molecule has 1 aromatic carbocycles. The summed E-state index contributed by atoms with van der Waals surface area (Å²) in [6.45, 7) is 4.18. The minimum absolute atomic E-state index is 0.291. The number of ether oxygens (including phenoxy) is 2. The molecule has 6 heteroatoms. The van der Waals surface area contributed by atoms with E-state index < -0.39 is 0 Å². The fourth-order valence-corrected chi connectivity index (χ4v) is 3.64. The van der Waals surface area contributed by atoms with Gasteiger partial charge in [-0.1, -0.05) is 6.07 Å². The molecule has 4 rings (SSSR count). The van der Waals surface area contributed by atoms with Crippen molar-refractivity contribution in [1.82, 2.24) is 14.9 Å². The van der Waals surface area contributed by atoms with E-state index in [1.165, 1.54) is 0 Å². The van der Waals surface area contributed by atoms with E-state index in [0.717, 1.165) is 37.8 Å². The number of aromatic nitrogens is 2. The number of imidazole rings is 1. The molecule has 2 fully saturated rings. The third-order valence-corrected chi connectivity index (χ3v) is 4.87. The summed E-state index contributed by atoms with van der Waals surface area (Å²) in [6, 6.07) is 9.45. The molecule has 124 valence electrons. The van der Waals surface area contributed by atoms with E-state index in [4.69, 9.17) is 14.7 Å². The van der Waals surface area contributed by atoms with Crippen LogP contribution in [-0.2, 0) is 11.3 Å². The first-order valence-electron chi connectivity index (χ1n) is 8.27. The number of rotatable bonds is 5. The van der Waals surface area contributed by atoms with Gasteiger partial charge in [-0.2, -0.15) is 5.26 Å². The first-order valence-corrected chi connectivity index (χ1v) is 8.27. The highest BCUT2D eigenvalue weighted by Crippen LogP contribution is 2.34. The number of aromatic amines is 1. The Balaban J connectivity index is 1.33. The second-order valence-electron chi connectivity index (χ2n) is 6.48. The van der Waals surface area contributed by atoms with E-state index in [0.29, 0.717) is 30.1 Å². The molecule has 0 amide bonds. The number of nitriles is 1. The maximum absolute atomic E-state index is 8.96. The summed E-state index contributed by atoms with van der Waals surface area (Å²) in [4.78, 5) is 9.84. The van der Waals surface area contributed by atoms with Gasteiger partial charge >= 0.3 is 0 Å². The molecule has 0 spiro atoms. The van der Waals surface area contributed by atoms with Crippen LogP contribution in [0.5, 0.6) is 5.75 Å². The molecule has 0 saturated carbocycles. The minimum atomic E-state index is 0.291. The van der Waals surface area contributed by atoms with Gasteiger partial charge in [0.1, 0.15) is 11.6 Å². The second-order valence-corrected chi connectivity index (χ2v) is 6.48. The van der Waals surface area contributed by atoms with Gasteiger partial charge in [-0.3, -0.25) is 4.90 Å². The van der Waals surface area contributed by atoms with Crippen LogP contribution < -0.4 is 4.74 Å². The van der Waals surface area contributed by atoms with Gasteiger partial charge in [0.2, 0.25) is 0 Å². The van der Waals surface area contributed by atoms with Crippen molar-refractivity contribution in [3.63, 3.8) is 0 Å². The van der Waals surface area contributed by atoms with Crippen LogP contribution in [0.1, 0.15) is 11.4 Å². The predicted molar refractivity (Wildman–Crippen MR) is 87.2 cm³/mol. The molecule has 0 unspecified atom stereocenters. The Bertz CT molecular complexity index is 725. The summed E-state index contributed by atoms with van der Waals surface area (Å²) in [5.41, 5.74) is 0.624.